The maximum absolute atomic E-state index is 16.2. The molecule has 0 atom stereocenters. The summed E-state index contributed by atoms with van der Waals surface area (Å²) in [5.41, 5.74) is 4.77. The number of carbonyl (C=O) groups is 2. The molecular formula is C32H22FN7O2S. The summed E-state index contributed by atoms with van der Waals surface area (Å²) in [6.07, 6.45) is 4.71. The average Bonchev–Trinajstić information content (AvgIpc) is 3.76. The molecule has 210 valence electrons. The first-order valence-electron chi connectivity index (χ1n) is 13.4. The van der Waals surface area contributed by atoms with Crippen LogP contribution in [0, 0.1) is 5.82 Å². The number of aromatic nitrogens is 6. The molecule has 0 saturated carbocycles. The molecule has 3 N–H and O–H groups in total. The maximum Gasteiger partial charge on any atom is 0.228 e. The number of anilines is 1. The number of ketones is 1. The van der Waals surface area contributed by atoms with E-state index in [9.17, 15) is 9.59 Å². The Hall–Kier alpha value is -5.55. The lowest BCUT2D eigenvalue weighted by atomic mass is 10.1. The Morgan fingerprint density at radius 2 is 1.81 bits per heavy atom. The predicted octanol–water partition coefficient (Wildman–Crippen LogP) is 6.81. The van der Waals surface area contributed by atoms with E-state index in [4.69, 9.17) is 4.98 Å². The number of Topliss-reactive ketones (excluding diaryl/α,β-unsaturated/α-hetero) is 1. The van der Waals surface area contributed by atoms with Crippen LogP contribution in [0.15, 0.2) is 85.3 Å². The molecule has 5 aromatic heterocycles. The van der Waals surface area contributed by atoms with E-state index in [1.807, 2.05) is 54.6 Å². The average molecular weight is 588 g/mol. The first-order chi connectivity index (χ1) is 20.9. The number of carbonyl (C=O) groups excluding carboxylic acids is 2. The molecule has 1 amide bonds. The molecule has 0 unspecified atom stereocenters. The van der Waals surface area contributed by atoms with Gasteiger partial charge in [-0.25, -0.2) is 9.37 Å². The number of aromatic amines is 2. The van der Waals surface area contributed by atoms with Gasteiger partial charge >= 0.3 is 0 Å². The lowest BCUT2D eigenvalue weighted by Gasteiger charge is -2.08. The largest absolute Gasteiger partial charge is 0.337 e. The Morgan fingerprint density at radius 1 is 0.953 bits per heavy atom. The highest BCUT2D eigenvalue weighted by molar-refractivity contribution is 7.17. The standard InChI is InChI=1S/C32H22FN7O2S/c1-17(41)24-10-11-25(43-24)21-8-5-9-22-30(21)38-32(37-22)31-27-23(39-40-31)16-35-29(28(27)33)19-13-20(15-34-14-19)36-26(42)12-18-6-3-2-4-7-18/h2-11,13-16H,12H2,1H3,(H,36,42)(H,37,38)(H,39,40). The van der Waals surface area contributed by atoms with Crippen molar-refractivity contribution in [1.82, 2.24) is 30.1 Å². The van der Waals surface area contributed by atoms with Crippen LogP contribution < -0.4 is 5.32 Å². The minimum absolute atomic E-state index is 0.00400. The number of benzene rings is 2. The van der Waals surface area contributed by atoms with Crippen LogP contribution in [0.3, 0.4) is 0 Å². The van der Waals surface area contributed by atoms with Crippen LogP contribution in [-0.4, -0.2) is 41.8 Å². The molecule has 43 heavy (non-hydrogen) atoms. The fourth-order valence-electron chi connectivity index (χ4n) is 4.99. The van der Waals surface area contributed by atoms with Gasteiger partial charge in [-0.15, -0.1) is 11.3 Å². The van der Waals surface area contributed by atoms with Gasteiger partial charge in [-0.2, -0.15) is 5.10 Å². The molecular weight excluding hydrogens is 565 g/mol. The Bertz CT molecular complexity index is 2170. The third-order valence-corrected chi connectivity index (χ3v) is 8.22. The van der Waals surface area contributed by atoms with Crippen LogP contribution in [0.2, 0.25) is 0 Å². The number of thiophene rings is 1. The summed E-state index contributed by atoms with van der Waals surface area (Å²) < 4.78 is 16.2. The van der Waals surface area contributed by atoms with Crippen molar-refractivity contribution in [2.75, 3.05) is 5.32 Å². The monoisotopic (exact) mass is 587 g/mol. The summed E-state index contributed by atoms with van der Waals surface area (Å²) in [5.74, 6) is -0.422. The lowest BCUT2D eigenvalue weighted by molar-refractivity contribution is -0.115. The van der Waals surface area contributed by atoms with Gasteiger partial charge in [0.1, 0.15) is 11.4 Å². The van der Waals surface area contributed by atoms with Crippen LogP contribution in [0.4, 0.5) is 10.1 Å². The summed E-state index contributed by atoms with van der Waals surface area (Å²) in [6.45, 7) is 1.54. The highest BCUT2D eigenvalue weighted by Gasteiger charge is 2.22. The molecule has 0 spiro atoms. The molecule has 0 radical (unpaired) electrons. The fraction of sp³-hybridized carbons (Fsp3) is 0.0625. The number of para-hydroxylation sites is 1. The number of amides is 1. The second-order valence-electron chi connectivity index (χ2n) is 9.96. The number of hydrogen-bond donors (Lipinski definition) is 3. The number of nitrogens with one attached hydrogen (secondary N) is 3. The van der Waals surface area contributed by atoms with Crippen LogP contribution >= 0.6 is 11.3 Å². The molecule has 7 rings (SSSR count). The van der Waals surface area contributed by atoms with E-state index in [2.05, 4.69) is 30.5 Å². The number of halogens is 1. The highest BCUT2D eigenvalue weighted by Crippen LogP contribution is 2.36. The van der Waals surface area contributed by atoms with Gasteiger partial charge in [0.05, 0.1) is 51.3 Å². The summed E-state index contributed by atoms with van der Waals surface area (Å²) in [6, 6.07) is 20.5. The SMILES string of the molecule is CC(=O)c1ccc(-c2cccc3[nH]c(-c4n[nH]c5cnc(-c6cncc(NC(=O)Cc7ccccc7)c6)c(F)c45)nc23)s1. The normalized spacial score (nSPS) is 11.3. The summed E-state index contributed by atoms with van der Waals surface area (Å²) >= 11 is 1.40. The molecule has 0 aliphatic heterocycles. The quantitative estimate of drug-likeness (QED) is 0.176. The molecule has 0 fully saturated rings. The molecule has 0 saturated heterocycles. The number of hydrogen-bond acceptors (Lipinski definition) is 7. The molecule has 0 bridgehead atoms. The minimum Gasteiger partial charge on any atom is -0.337 e. The zero-order valence-electron chi connectivity index (χ0n) is 22.7. The van der Waals surface area contributed by atoms with E-state index in [0.29, 0.717) is 38.7 Å². The van der Waals surface area contributed by atoms with E-state index < -0.39 is 5.82 Å². The van der Waals surface area contributed by atoms with Gasteiger partial charge in [-0.05, 0) is 36.8 Å². The van der Waals surface area contributed by atoms with Crippen molar-refractivity contribution in [3.05, 3.63) is 102 Å². The second kappa shape index (κ2) is 10.7. The van der Waals surface area contributed by atoms with Crippen molar-refractivity contribution in [1.29, 1.82) is 0 Å². The van der Waals surface area contributed by atoms with Crippen LogP contribution in [0.5, 0.6) is 0 Å². The zero-order chi connectivity index (χ0) is 29.5. The molecule has 5 heterocycles. The van der Waals surface area contributed by atoms with Gasteiger partial charge in [-0.3, -0.25) is 24.7 Å². The maximum atomic E-state index is 16.2. The third kappa shape index (κ3) is 4.95. The molecule has 9 nitrogen and oxygen atoms in total. The minimum atomic E-state index is -0.596. The Balaban J connectivity index is 1.24. The van der Waals surface area contributed by atoms with Crippen LogP contribution in [0.25, 0.3) is 55.2 Å². The Labute approximate surface area is 247 Å². The van der Waals surface area contributed by atoms with Crippen molar-refractivity contribution in [3.63, 3.8) is 0 Å². The van der Waals surface area contributed by atoms with Gasteiger partial charge < -0.3 is 10.3 Å². The van der Waals surface area contributed by atoms with Crippen molar-refractivity contribution in [3.8, 4) is 33.2 Å². The molecule has 0 aliphatic carbocycles. The van der Waals surface area contributed by atoms with E-state index in [0.717, 1.165) is 21.5 Å². The number of imidazole rings is 1. The summed E-state index contributed by atoms with van der Waals surface area (Å²) in [4.78, 5) is 42.6. The number of fused-ring (bicyclic) bond motifs is 2. The van der Waals surface area contributed by atoms with E-state index in [1.54, 1.807) is 12.1 Å². The van der Waals surface area contributed by atoms with Gasteiger partial charge in [0.2, 0.25) is 5.91 Å². The smallest absolute Gasteiger partial charge is 0.228 e. The molecule has 11 heteroatoms. The first kappa shape index (κ1) is 26.4. The number of H-pyrrole nitrogens is 2. The van der Waals surface area contributed by atoms with Crippen LogP contribution in [0.1, 0.15) is 22.2 Å². The molecule has 2 aromatic carbocycles. The second-order valence-corrected chi connectivity index (χ2v) is 11.0. The van der Waals surface area contributed by atoms with Gasteiger partial charge in [0, 0.05) is 22.2 Å². The zero-order valence-corrected chi connectivity index (χ0v) is 23.5. The fourth-order valence-corrected chi connectivity index (χ4v) is 5.91. The number of rotatable bonds is 7. The van der Waals surface area contributed by atoms with Crippen LogP contribution in [-0.2, 0) is 11.2 Å². The van der Waals surface area contributed by atoms with E-state index in [-0.39, 0.29) is 29.2 Å². The van der Waals surface area contributed by atoms with Gasteiger partial charge in [0.25, 0.3) is 0 Å². The highest BCUT2D eigenvalue weighted by atomic mass is 32.1. The van der Waals surface area contributed by atoms with E-state index in [1.165, 1.54) is 36.9 Å². The van der Waals surface area contributed by atoms with E-state index >= 15 is 4.39 Å². The van der Waals surface area contributed by atoms with Crippen molar-refractivity contribution in [2.24, 2.45) is 0 Å². The lowest BCUT2D eigenvalue weighted by Crippen LogP contribution is -2.14. The Morgan fingerprint density at radius 3 is 2.63 bits per heavy atom. The topological polar surface area (TPSA) is 129 Å². The Kier molecular flexibility index (Phi) is 6.55. The molecule has 0 aliphatic rings. The summed E-state index contributed by atoms with van der Waals surface area (Å²) in [5, 5.41) is 10.3. The number of nitrogens with zero attached hydrogens (tertiary/aromatic N) is 4. The predicted molar refractivity (Wildman–Crippen MR) is 164 cm³/mol. The van der Waals surface area contributed by atoms with Gasteiger partial charge in [-0.1, -0.05) is 42.5 Å². The van der Waals surface area contributed by atoms with Crippen molar-refractivity contribution < 1.29 is 14.0 Å². The molecule has 7 aromatic rings. The third-order valence-electron chi connectivity index (χ3n) is 7.00. The number of pyridine rings is 2. The first-order valence-corrected chi connectivity index (χ1v) is 14.2. The van der Waals surface area contributed by atoms with Gasteiger partial charge in [0.15, 0.2) is 17.4 Å². The van der Waals surface area contributed by atoms with Crippen molar-refractivity contribution in [2.45, 2.75) is 13.3 Å². The van der Waals surface area contributed by atoms with Crippen molar-refractivity contribution >= 4 is 50.7 Å². The summed E-state index contributed by atoms with van der Waals surface area (Å²) in [7, 11) is 0.